The molecule has 9 heteroatoms. The van der Waals surface area contributed by atoms with Crippen LogP contribution in [0.1, 0.15) is 11.5 Å². The van der Waals surface area contributed by atoms with E-state index in [2.05, 4.69) is 29.9 Å². The van der Waals surface area contributed by atoms with Crippen molar-refractivity contribution in [3.8, 4) is 11.5 Å². The molecule has 0 aliphatic rings. The van der Waals surface area contributed by atoms with Crippen molar-refractivity contribution in [1.82, 2.24) is 20.2 Å². The molecule has 0 saturated heterocycles. The van der Waals surface area contributed by atoms with Crippen LogP contribution in [0.2, 0.25) is 0 Å². The summed E-state index contributed by atoms with van der Waals surface area (Å²) in [4.78, 5) is 8.02. The summed E-state index contributed by atoms with van der Waals surface area (Å²) in [5.74, 6) is -1.35. The van der Waals surface area contributed by atoms with Crippen molar-refractivity contribution < 1.29 is 17.6 Å². The van der Waals surface area contributed by atoms with Gasteiger partial charge < -0.3 is 9.73 Å². The van der Waals surface area contributed by atoms with Crippen LogP contribution in [-0.4, -0.2) is 20.2 Å². The third-order valence-corrected chi connectivity index (χ3v) is 2.86. The number of nitrogens with zero attached hydrogens (tertiary/aromatic N) is 4. The van der Waals surface area contributed by atoms with Crippen molar-refractivity contribution in [2.75, 3.05) is 5.32 Å². The largest absolute Gasteiger partial charge is 0.470 e. The van der Waals surface area contributed by atoms with Gasteiger partial charge in [0.15, 0.2) is 0 Å². The SMILES string of the molecule is FC(F)(F)c1nnc(-c2cnc(NCc3ccccc3)nc2)o1. The predicted molar refractivity (Wildman–Crippen MR) is 74.1 cm³/mol. The summed E-state index contributed by atoms with van der Waals surface area (Å²) >= 11 is 0. The summed E-state index contributed by atoms with van der Waals surface area (Å²) in [6.07, 6.45) is -2.05. The van der Waals surface area contributed by atoms with E-state index < -0.39 is 12.1 Å². The maximum Gasteiger partial charge on any atom is 0.470 e. The molecule has 0 saturated carbocycles. The van der Waals surface area contributed by atoms with Crippen LogP contribution in [0.3, 0.4) is 0 Å². The molecule has 0 spiro atoms. The highest BCUT2D eigenvalue weighted by Gasteiger charge is 2.38. The van der Waals surface area contributed by atoms with Crippen LogP contribution >= 0.6 is 0 Å². The maximum atomic E-state index is 12.4. The minimum absolute atomic E-state index is 0.207. The van der Waals surface area contributed by atoms with Gasteiger partial charge in [-0.05, 0) is 5.56 Å². The van der Waals surface area contributed by atoms with Gasteiger partial charge in [-0.1, -0.05) is 30.3 Å². The van der Waals surface area contributed by atoms with Crippen LogP contribution < -0.4 is 5.32 Å². The highest BCUT2D eigenvalue weighted by atomic mass is 19.4. The zero-order valence-corrected chi connectivity index (χ0v) is 11.6. The molecule has 23 heavy (non-hydrogen) atoms. The Balaban J connectivity index is 1.68. The van der Waals surface area contributed by atoms with Crippen LogP contribution in [0.5, 0.6) is 0 Å². The predicted octanol–water partition coefficient (Wildman–Crippen LogP) is 3.16. The minimum Gasteiger partial charge on any atom is -0.413 e. The summed E-state index contributed by atoms with van der Waals surface area (Å²) in [5, 5.41) is 9.29. The van der Waals surface area contributed by atoms with E-state index in [1.807, 2.05) is 30.3 Å². The fraction of sp³-hybridized carbons (Fsp3) is 0.143. The van der Waals surface area contributed by atoms with E-state index in [-0.39, 0.29) is 11.5 Å². The molecule has 6 nitrogen and oxygen atoms in total. The number of rotatable bonds is 4. The lowest BCUT2D eigenvalue weighted by Gasteiger charge is -2.04. The van der Waals surface area contributed by atoms with Crippen molar-refractivity contribution in [3.63, 3.8) is 0 Å². The number of benzene rings is 1. The van der Waals surface area contributed by atoms with Crippen molar-refractivity contribution in [2.45, 2.75) is 12.7 Å². The number of alkyl halides is 3. The van der Waals surface area contributed by atoms with Gasteiger partial charge in [0.25, 0.3) is 5.89 Å². The van der Waals surface area contributed by atoms with Gasteiger partial charge in [0, 0.05) is 18.9 Å². The number of hydrogen-bond acceptors (Lipinski definition) is 6. The lowest BCUT2D eigenvalue weighted by atomic mass is 10.2. The molecular weight excluding hydrogens is 311 g/mol. The molecule has 3 rings (SSSR count). The third-order valence-electron chi connectivity index (χ3n) is 2.86. The number of halogens is 3. The first-order valence-corrected chi connectivity index (χ1v) is 6.53. The second kappa shape index (κ2) is 6.03. The summed E-state index contributed by atoms with van der Waals surface area (Å²) in [7, 11) is 0. The molecule has 2 aromatic heterocycles. The lowest BCUT2D eigenvalue weighted by molar-refractivity contribution is -0.156. The van der Waals surface area contributed by atoms with Gasteiger partial charge in [-0.15, -0.1) is 10.2 Å². The molecule has 0 fully saturated rings. The summed E-state index contributed by atoms with van der Waals surface area (Å²) in [6.45, 7) is 0.527. The number of aromatic nitrogens is 4. The molecule has 1 N–H and O–H groups in total. The Hall–Kier alpha value is -2.97. The van der Waals surface area contributed by atoms with Crippen LogP contribution in [-0.2, 0) is 12.7 Å². The Morgan fingerprint density at radius 3 is 2.30 bits per heavy atom. The average Bonchev–Trinajstić information content (AvgIpc) is 3.05. The molecule has 0 amide bonds. The molecular formula is C14H10F3N5O. The van der Waals surface area contributed by atoms with Gasteiger partial charge in [0.2, 0.25) is 5.95 Å². The van der Waals surface area contributed by atoms with Gasteiger partial charge in [-0.25, -0.2) is 9.97 Å². The first-order valence-electron chi connectivity index (χ1n) is 6.53. The normalized spacial score (nSPS) is 11.4. The minimum atomic E-state index is -4.68. The Labute approximate surface area is 128 Å². The fourth-order valence-corrected chi connectivity index (χ4v) is 1.76. The van der Waals surface area contributed by atoms with E-state index in [1.54, 1.807) is 0 Å². The van der Waals surface area contributed by atoms with Gasteiger partial charge in [0.1, 0.15) is 0 Å². The fourth-order valence-electron chi connectivity index (χ4n) is 1.76. The summed E-state index contributed by atoms with van der Waals surface area (Å²) in [6, 6.07) is 9.62. The van der Waals surface area contributed by atoms with E-state index in [0.717, 1.165) is 5.56 Å². The molecule has 0 bridgehead atoms. The Morgan fingerprint density at radius 1 is 1.00 bits per heavy atom. The Morgan fingerprint density at radius 2 is 1.70 bits per heavy atom. The smallest absolute Gasteiger partial charge is 0.413 e. The van der Waals surface area contributed by atoms with Crippen molar-refractivity contribution in [2.24, 2.45) is 0 Å². The van der Waals surface area contributed by atoms with E-state index in [0.29, 0.717) is 12.5 Å². The van der Waals surface area contributed by atoms with Crippen molar-refractivity contribution in [1.29, 1.82) is 0 Å². The van der Waals surface area contributed by atoms with Gasteiger partial charge >= 0.3 is 12.1 Å². The second-order valence-corrected chi connectivity index (χ2v) is 4.54. The zero-order chi connectivity index (χ0) is 16.3. The average molecular weight is 321 g/mol. The summed E-state index contributed by atoms with van der Waals surface area (Å²) in [5.41, 5.74) is 1.25. The highest BCUT2D eigenvalue weighted by molar-refractivity contribution is 5.50. The maximum absolute atomic E-state index is 12.4. The Kier molecular flexibility index (Phi) is 3.92. The molecule has 0 aliphatic carbocycles. The topological polar surface area (TPSA) is 76.7 Å². The first-order chi connectivity index (χ1) is 11.0. The van der Waals surface area contributed by atoms with Crippen LogP contribution in [0.15, 0.2) is 47.1 Å². The van der Waals surface area contributed by atoms with Crippen molar-refractivity contribution in [3.05, 3.63) is 54.2 Å². The molecule has 0 atom stereocenters. The monoisotopic (exact) mass is 321 g/mol. The van der Waals surface area contributed by atoms with E-state index in [4.69, 9.17) is 0 Å². The van der Waals surface area contributed by atoms with Crippen molar-refractivity contribution >= 4 is 5.95 Å². The molecule has 118 valence electrons. The molecule has 0 unspecified atom stereocenters. The molecule has 1 aromatic carbocycles. The number of nitrogens with one attached hydrogen (secondary N) is 1. The number of anilines is 1. The quantitative estimate of drug-likeness (QED) is 0.795. The standard InChI is InChI=1S/C14H10F3N5O/c15-14(16,17)12-22-21-11(23-12)10-7-19-13(20-8-10)18-6-9-4-2-1-3-5-9/h1-5,7-8H,6H2,(H,18,19,20). The first kappa shape index (κ1) is 14.9. The van der Waals surface area contributed by atoms with Gasteiger partial charge in [-0.3, -0.25) is 0 Å². The van der Waals surface area contributed by atoms with Crippen LogP contribution in [0.4, 0.5) is 19.1 Å². The molecule has 2 heterocycles. The van der Waals surface area contributed by atoms with E-state index >= 15 is 0 Å². The van der Waals surface area contributed by atoms with E-state index in [9.17, 15) is 13.2 Å². The molecule has 3 aromatic rings. The van der Waals surface area contributed by atoms with E-state index in [1.165, 1.54) is 12.4 Å². The third kappa shape index (κ3) is 3.62. The van der Waals surface area contributed by atoms with Gasteiger partial charge in [0.05, 0.1) is 5.56 Å². The zero-order valence-electron chi connectivity index (χ0n) is 11.6. The second-order valence-electron chi connectivity index (χ2n) is 4.54. The van der Waals surface area contributed by atoms with Gasteiger partial charge in [-0.2, -0.15) is 13.2 Å². The van der Waals surface area contributed by atoms with Crippen LogP contribution in [0, 0.1) is 0 Å². The number of hydrogen-bond donors (Lipinski definition) is 1. The lowest BCUT2D eigenvalue weighted by Crippen LogP contribution is -2.04. The Bertz CT molecular complexity index is 771. The molecule has 0 radical (unpaired) electrons. The molecule has 0 aliphatic heterocycles. The highest BCUT2D eigenvalue weighted by Crippen LogP contribution is 2.29. The summed E-state index contributed by atoms with van der Waals surface area (Å²) < 4.78 is 41.8. The van der Waals surface area contributed by atoms with Crippen LogP contribution in [0.25, 0.3) is 11.5 Å².